The highest BCUT2D eigenvalue weighted by Gasteiger charge is 1.94. The molecule has 0 aliphatic carbocycles. The van der Waals surface area contributed by atoms with Crippen molar-refractivity contribution in [2.75, 3.05) is 6.54 Å². The highest BCUT2D eigenvalue weighted by molar-refractivity contribution is 9.11. The molecule has 2 heteroatoms. The smallest absolute Gasteiger partial charge is 0.0396 e. The van der Waals surface area contributed by atoms with Crippen LogP contribution in [0, 0.1) is 0 Å². The zero-order chi connectivity index (χ0) is 11.1. The second-order valence-corrected chi connectivity index (χ2v) is 4.58. The molecule has 0 saturated carbocycles. The lowest BCUT2D eigenvalue weighted by molar-refractivity contribution is 0.852. The number of hydrogen-bond donors (Lipinski definition) is 0. The summed E-state index contributed by atoms with van der Waals surface area (Å²) >= 11 is 3.34. The van der Waals surface area contributed by atoms with Crippen molar-refractivity contribution in [2.45, 2.75) is 19.8 Å². The van der Waals surface area contributed by atoms with E-state index in [2.05, 4.69) is 46.6 Å². The Bertz CT molecular complexity index is 341. The molecule has 0 unspecified atom stereocenters. The van der Waals surface area contributed by atoms with Crippen molar-refractivity contribution < 1.29 is 0 Å². The predicted octanol–water partition coefficient (Wildman–Crippen LogP) is 4.18. The molecule has 0 aliphatic heterocycles. The van der Waals surface area contributed by atoms with E-state index in [0.29, 0.717) is 0 Å². The van der Waals surface area contributed by atoms with Crippen molar-refractivity contribution in [2.24, 2.45) is 4.99 Å². The molecule has 0 radical (unpaired) electrons. The summed E-state index contributed by atoms with van der Waals surface area (Å²) in [6, 6.07) is 10.3. The van der Waals surface area contributed by atoms with E-state index in [1.807, 2.05) is 18.2 Å². The van der Waals surface area contributed by atoms with Crippen LogP contribution < -0.4 is 0 Å². The maximum atomic E-state index is 4.52. The van der Waals surface area contributed by atoms with E-state index in [1.54, 1.807) is 0 Å². The van der Waals surface area contributed by atoms with Crippen LogP contribution in [0.4, 0.5) is 0 Å². The molecule has 0 N–H and O–H groups in total. The monoisotopic (exact) mass is 265 g/mol. The standard InChI is InChI=1S/C13H16BrN/c1-11(14)7-6-10-15-12(2)13-8-4-3-5-9-13/h3-5,8-9H,1,6-7,10H2,2H3. The Morgan fingerprint density at radius 3 is 2.60 bits per heavy atom. The van der Waals surface area contributed by atoms with E-state index in [1.165, 1.54) is 5.56 Å². The van der Waals surface area contributed by atoms with Crippen molar-refractivity contribution in [3.8, 4) is 0 Å². The molecule has 0 bridgehead atoms. The van der Waals surface area contributed by atoms with Crippen molar-refractivity contribution >= 4 is 21.6 Å². The molecular weight excluding hydrogens is 250 g/mol. The molecule has 1 aromatic carbocycles. The molecule has 0 spiro atoms. The average Bonchev–Trinajstić information content (AvgIpc) is 2.25. The minimum atomic E-state index is 0.866. The van der Waals surface area contributed by atoms with Crippen LogP contribution in [0.25, 0.3) is 0 Å². The second kappa shape index (κ2) is 6.57. The third-order valence-corrected chi connectivity index (χ3v) is 2.54. The zero-order valence-electron chi connectivity index (χ0n) is 9.04. The van der Waals surface area contributed by atoms with Gasteiger partial charge in [0, 0.05) is 12.3 Å². The Kier molecular flexibility index (Phi) is 5.33. The van der Waals surface area contributed by atoms with Crippen LogP contribution in [-0.4, -0.2) is 12.3 Å². The number of allylic oxidation sites excluding steroid dienone is 1. The number of aliphatic imine (C=N–C) groups is 1. The molecule has 0 aliphatic rings. The van der Waals surface area contributed by atoms with Gasteiger partial charge in [0.05, 0.1) is 0 Å². The fourth-order valence-electron chi connectivity index (χ4n) is 1.29. The minimum Gasteiger partial charge on any atom is -0.289 e. The molecule has 0 fully saturated rings. The first-order valence-corrected chi connectivity index (χ1v) is 5.89. The fraction of sp³-hybridized carbons (Fsp3) is 0.308. The lowest BCUT2D eigenvalue weighted by Crippen LogP contribution is -1.95. The van der Waals surface area contributed by atoms with E-state index in [0.717, 1.165) is 29.6 Å². The van der Waals surface area contributed by atoms with Gasteiger partial charge in [-0.1, -0.05) is 52.8 Å². The third kappa shape index (κ3) is 4.93. The van der Waals surface area contributed by atoms with Crippen LogP contribution in [0.1, 0.15) is 25.3 Å². The Morgan fingerprint density at radius 1 is 1.33 bits per heavy atom. The van der Waals surface area contributed by atoms with E-state index >= 15 is 0 Å². The molecule has 80 valence electrons. The average molecular weight is 266 g/mol. The normalized spacial score (nSPS) is 11.5. The number of rotatable bonds is 5. The first kappa shape index (κ1) is 12.2. The molecule has 15 heavy (non-hydrogen) atoms. The molecule has 1 nitrogen and oxygen atoms in total. The lowest BCUT2D eigenvalue weighted by atomic mass is 10.1. The SMILES string of the molecule is C=C(Br)CCCN=C(C)c1ccccc1. The maximum Gasteiger partial charge on any atom is 0.0396 e. The zero-order valence-corrected chi connectivity index (χ0v) is 10.6. The largest absolute Gasteiger partial charge is 0.289 e. The Balaban J connectivity index is 2.43. The van der Waals surface area contributed by atoms with Gasteiger partial charge >= 0.3 is 0 Å². The molecule has 0 atom stereocenters. The Hall–Kier alpha value is -0.890. The number of benzene rings is 1. The van der Waals surface area contributed by atoms with Gasteiger partial charge in [0.15, 0.2) is 0 Å². The van der Waals surface area contributed by atoms with Gasteiger partial charge in [-0.2, -0.15) is 0 Å². The van der Waals surface area contributed by atoms with Crippen molar-refractivity contribution in [3.63, 3.8) is 0 Å². The van der Waals surface area contributed by atoms with Crippen molar-refractivity contribution in [1.82, 2.24) is 0 Å². The quantitative estimate of drug-likeness (QED) is 0.560. The van der Waals surface area contributed by atoms with Gasteiger partial charge in [-0.25, -0.2) is 0 Å². The number of hydrogen-bond acceptors (Lipinski definition) is 1. The van der Waals surface area contributed by atoms with E-state index in [4.69, 9.17) is 0 Å². The van der Waals surface area contributed by atoms with Gasteiger partial charge in [0.1, 0.15) is 0 Å². The molecule has 1 aromatic rings. The van der Waals surface area contributed by atoms with Crippen molar-refractivity contribution in [3.05, 3.63) is 47.0 Å². The fourth-order valence-corrected chi connectivity index (χ4v) is 1.57. The molecule has 0 amide bonds. The number of halogens is 1. The summed E-state index contributed by atoms with van der Waals surface area (Å²) in [7, 11) is 0. The van der Waals surface area contributed by atoms with Gasteiger partial charge in [-0.05, 0) is 29.8 Å². The first-order valence-electron chi connectivity index (χ1n) is 5.10. The van der Waals surface area contributed by atoms with Crippen LogP contribution in [-0.2, 0) is 0 Å². The summed E-state index contributed by atoms with van der Waals surface area (Å²) in [5.74, 6) is 0. The number of nitrogens with zero attached hydrogens (tertiary/aromatic N) is 1. The summed E-state index contributed by atoms with van der Waals surface area (Å²) in [5.41, 5.74) is 2.31. The van der Waals surface area contributed by atoms with E-state index in [9.17, 15) is 0 Å². The van der Waals surface area contributed by atoms with Crippen LogP contribution in [0.3, 0.4) is 0 Å². The van der Waals surface area contributed by atoms with Gasteiger partial charge < -0.3 is 0 Å². The minimum absolute atomic E-state index is 0.866. The van der Waals surface area contributed by atoms with E-state index in [-0.39, 0.29) is 0 Å². The molecule has 0 saturated heterocycles. The summed E-state index contributed by atoms with van der Waals surface area (Å²) in [5, 5.41) is 0. The Labute approximate surface area is 100 Å². The molecule has 1 rings (SSSR count). The Morgan fingerprint density at radius 2 is 2.00 bits per heavy atom. The molecular formula is C13H16BrN. The highest BCUT2D eigenvalue weighted by Crippen LogP contribution is 2.09. The molecule has 0 aromatic heterocycles. The molecule has 0 heterocycles. The first-order chi connectivity index (χ1) is 7.20. The third-order valence-electron chi connectivity index (χ3n) is 2.15. The van der Waals surface area contributed by atoms with Gasteiger partial charge in [-0.3, -0.25) is 4.99 Å². The highest BCUT2D eigenvalue weighted by atomic mass is 79.9. The van der Waals surface area contributed by atoms with Gasteiger partial charge in [-0.15, -0.1) is 0 Å². The van der Waals surface area contributed by atoms with Crippen LogP contribution >= 0.6 is 15.9 Å². The van der Waals surface area contributed by atoms with Gasteiger partial charge in [0.2, 0.25) is 0 Å². The summed E-state index contributed by atoms with van der Waals surface area (Å²) in [6.45, 7) is 6.72. The van der Waals surface area contributed by atoms with Crippen LogP contribution in [0.2, 0.25) is 0 Å². The second-order valence-electron chi connectivity index (χ2n) is 3.45. The predicted molar refractivity (Wildman–Crippen MR) is 70.8 cm³/mol. The summed E-state index contributed by atoms with van der Waals surface area (Å²) in [6.07, 6.45) is 2.04. The topological polar surface area (TPSA) is 12.4 Å². The van der Waals surface area contributed by atoms with Crippen LogP contribution in [0.5, 0.6) is 0 Å². The van der Waals surface area contributed by atoms with E-state index < -0.39 is 0 Å². The van der Waals surface area contributed by atoms with Crippen molar-refractivity contribution in [1.29, 1.82) is 0 Å². The summed E-state index contributed by atoms with van der Waals surface area (Å²) in [4.78, 5) is 4.52. The maximum absolute atomic E-state index is 4.52. The van der Waals surface area contributed by atoms with Crippen LogP contribution in [0.15, 0.2) is 46.4 Å². The van der Waals surface area contributed by atoms with Gasteiger partial charge in [0.25, 0.3) is 0 Å². The lowest BCUT2D eigenvalue weighted by Gasteiger charge is -2.00. The summed E-state index contributed by atoms with van der Waals surface area (Å²) < 4.78 is 1.05.